The molecule has 0 saturated carbocycles. The Balaban J connectivity index is 1.58. The van der Waals surface area contributed by atoms with E-state index in [2.05, 4.69) is 10.2 Å². The quantitative estimate of drug-likeness (QED) is 0.369. The number of piperazine rings is 1. The minimum atomic E-state index is -1.55. The number of methoxy groups -OCH3 is 3. The lowest BCUT2D eigenvalue weighted by atomic mass is 9.77. The molecular weight excluding hydrogens is 513 g/mol. The number of rotatable bonds is 12. The van der Waals surface area contributed by atoms with Crippen LogP contribution in [-0.2, 0) is 24.6 Å². The van der Waals surface area contributed by atoms with E-state index in [1.165, 1.54) is 33.5 Å². The van der Waals surface area contributed by atoms with Crippen LogP contribution in [0, 0.1) is 5.82 Å². The van der Waals surface area contributed by atoms with Gasteiger partial charge in [0.25, 0.3) is 0 Å². The number of nitrogens with two attached hydrogens (primary N) is 1. The fourth-order valence-corrected chi connectivity index (χ4v) is 5.72. The van der Waals surface area contributed by atoms with Gasteiger partial charge >= 0.3 is 0 Å². The van der Waals surface area contributed by atoms with Crippen LogP contribution in [0.25, 0.3) is 0 Å². The maximum atomic E-state index is 13.7. The molecule has 1 saturated heterocycles. The van der Waals surface area contributed by atoms with Crippen LogP contribution >= 0.6 is 0 Å². The predicted molar refractivity (Wildman–Crippen MR) is 151 cm³/mol. The first kappa shape index (κ1) is 29.9. The SMILES string of the molecule is COC1=CC(N)(CCCC(O)(c2ccccc2)c2ccc(F)cc2)C=C(OC)C1(OC)C(=O)CN1CCNCC1. The van der Waals surface area contributed by atoms with Crippen molar-refractivity contribution in [2.45, 2.75) is 36.0 Å². The van der Waals surface area contributed by atoms with E-state index in [0.29, 0.717) is 30.4 Å². The lowest BCUT2D eigenvalue weighted by Gasteiger charge is -2.41. The summed E-state index contributed by atoms with van der Waals surface area (Å²) in [5.41, 5.74) is 4.21. The van der Waals surface area contributed by atoms with Crippen molar-refractivity contribution < 1.29 is 28.5 Å². The van der Waals surface area contributed by atoms with Gasteiger partial charge in [0.15, 0.2) is 5.78 Å². The van der Waals surface area contributed by atoms with Gasteiger partial charge in [-0.05, 0) is 54.7 Å². The molecule has 0 radical (unpaired) electrons. The average molecular weight is 554 g/mol. The Morgan fingerprint density at radius 2 is 1.57 bits per heavy atom. The van der Waals surface area contributed by atoms with Gasteiger partial charge in [-0.3, -0.25) is 9.69 Å². The van der Waals surface area contributed by atoms with Gasteiger partial charge in [0.05, 0.1) is 26.3 Å². The van der Waals surface area contributed by atoms with E-state index in [1.54, 1.807) is 24.3 Å². The van der Waals surface area contributed by atoms with Gasteiger partial charge in [0, 0.05) is 33.3 Å². The van der Waals surface area contributed by atoms with E-state index in [1.807, 2.05) is 30.3 Å². The van der Waals surface area contributed by atoms with Crippen LogP contribution in [0.2, 0.25) is 0 Å². The molecule has 8 nitrogen and oxygen atoms in total. The summed E-state index contributed by atoms with van der Waals surface area (Å²) in [6.45, 7) is 3.31. The first-order valence-electron chi connectivity index (χ1n) is 13.6. The lowest BCUT2D eigenvalue weighted by molar-refractivity contribution is -0.142. The fourth-order valence-electron chi connectivity index (χ4n) is 5.72. The first-order chi connectivity index (χ1) is 19.2. The van der Waals surface area contributed by atoms with E-state index in [9.17, 15) is 14.3 Å². The number of benzene rings is 2. The fraction of sp³-hybridized carbons (Fsp3) is 0.452. The van der Waals surface area contributed by atoms with Gasteiger partial charge in [-0.15, -0.1) is 0 Å². The molecule has 40 heavy (non-hydrogen) atoms. The first-order valence-corrected chi connectivity index (χ1v) is 13.6. The molecule has 0 bridgehead atoms. The molecule has 1 aliphatic heterocycles. The summed E-state index contributed by atoms with van der Waals surface area (Å²) in [5, 5.41) is 15.2. The summed E-state index contributed by atoms with van der Waals surface area (Å²) in [7, 11) is 4.43. The van der Waals surface area contributed by atoms with Crippen LogP contribution < -0.4 is 11.1 Å². The van der Waals surface area contributed by atoms with E-state index < -0.39 is 16.7 Å². The maximum Gasteiger partial charge on any atom is 0.240 e. The summed E-state index contributed by atoms with van der Waals surface area (Å²) >= 11 is 0. The summed E-state index contributed by atoms with van der Waals surface area (Å²) in [6.07, 6.45) is 4.66. The Morgan fingerprint density at radius 3 is 2.12 bits per heavy atom. The molecular formula is C31H40FN3O5. The maximum absolute atomic E-state index is 13.7. The van der Waals surface area contributed by atoms with Crippen LogP contribution in [0.3, 0.4) is 0 Å². The topological polar surface area (TPSA) is 106 Å². The molecule has 4 rings (SSSR count). The van der Waals surface area contributed by atoms with Crippen molar-refractivity contribution in [2.75, 3.05) is 54.1 Å². The van der Waals surface area contributed by atoms with Crippen LogP contribution in [0.4, 0.5) is 4.39 Å². The van der Waals surface area contributed by atoms with E-state index in [-0.39, 0.29) is 29.7 Å². The summed E-state index contributed by atoms with van der Waals surface area (Å²) in [6, 6.07) is 15.2. The molecule has 1 aliphatic carbocycles. The van der Waals surface area contributed by atoms with Crippen LogP contribution in [0.1, 0.15) is 30.4 Å². The number of carbonyl (C=O) groups is 1. The Hall–Kier alpha value is -3.08. The summed E-state index contributed by atoms with van der Waals surface area (Å²) in [4.78, 5) is 15.8. The molecule has 9 heteroatoms. The van der Waals surface area contributed by atoms with Crippen LogP contribution in [-0.4, -0.2) is 81.0 Å². The minimum absolute atomic E-state index is 0.177. The summed E-state index contributed by atoms with van der Waals surface area (Å²) in [5.74, 6) is -0.0255. The number of nitrogens with one attached hydrogen (secondary N) is 1. The van der Waals surface area contributed by atoms with Gasteiger partial charge in [-0.1, -0.05) is 42.5 Å². The number of hydrogen-bond acceptors (Lipinski definition) is 8. The highest BCUT2D eigenvalue weighted by molar-refractivity contribution is 5.95. The molecule has 216 valence electrons. The number of hydrogen-bond donors (Lipinski definition) is 3. The zero-order valence-electron chi connectivity index (χ0n) is 23.5. The third kappa shape index (κ3) is 5.99. The highest BCUT2D eigenvalue weighted by Crippen LogP contribution is 2.41. The molecule has 2 aromatic carbocycles. The van der Waals surface area contributed by atoms with E-state index >= 15 is 0 Å². The van der Waals surface area contributed by atoms with Crippen molar-refractivity contribution in [1.82, 2.24) is 10.2 Å². The molecule has 1 unspecified atom stereocenters. The summed E-state index contributed by atoms with van der Waals surface area (Å²) < 4.78 is 31.0. The average Bonchev–Trinajstić information content (AvgIpc) is 2.97. The standard InChI is InChI=1S/C31H40FN3O5/c1-38-27-20-29(33,21-28(39-2)31(27,40-3)26(36)22-35-18-16-34-17-19-35)14-7-15-30(37,23-8-5-4-6-9-23)24-10-12-25(32)13-11-24/h4-6,8-13,20-21,34,37H,7,14-19,22,33H2,1-3H3. The highest BCUT2D eigenvalue weighted by Gasteiger charge is 2.53. The smallest absolute Gasteiger partial charge is 0.240 e. The molecule has 1 heterocycles. The van der Waals surface area contributed by atoms with Crippen LogP contribution in [0.15, 0.2) is 78.3 Å². The van der Waals surface area contributed by atoms with Crippen molar-refractivity contribution >= 4 is 5.78 Å². The number of ether oxygens (including phenoxy) is 3. The molecule has 4 N–H and O–H groups in total. The number of ketones is 1. The monoisotopic (exact) mass is 553 g/mol. The molecule has 0 aromatic heterocycles. The van der Waals surface area contributed by atoms with E-state index in [4.69, 9.17) is 19.9 Å². The largest absolute Gasteiger partial charge is 0.497 e. The molecule has 2 aliphatic rings. The van der Waals surface area contributed by atoms with Gasteiger partial charge < -0.3 is 30.4 Å². The number of carbonyl (C=O) groups excluding carboxylic acids is 1. The van der Waals surface area contributed by atoms with Crippen molar-refractivity contribution in [3.8, 4) is 0 Å². The molecule has 0 spiro atoms. The molecule has 1 atom stereocenters. The Morgan fingerprint density at radius 1 is 1.00 bits per heavy atom. The second-order valence-corrected chi connectivity index (χ2v) is 10.5. The Bertz CT molecular complexity index is 1190. The normalized spacial score (nSPS) is 24.9. The zero-order valence-corrected chi connectivity index (χ0v) is 23.5. The van der Waals surface area contributed by atoms with Gasteiger partial charge in [0.1, 0.15) is 22.9 Å². The van der Waals surface area contributed by atoms with Gasteiger partial charge in [-0.25, -0.2) is 4.39 Å². The highest BCUT2D eigenvalue weighted by atomic mass is 19.1. The second-order valence-electron chi connectivity index (χ2n) is 10.5. The molecule has 2 aromatic rings. The van der Waals surface area contributed by atoms with Gasteiger partial charge in [0.2, 0.25) is 5.60 Å². The lowest BCUT2D eigenvalue weighted by Crippen LogP contribution is -2.56. The van der Waals surface area contributed by atoms with Crippen molar-refractivity contribution in [1.29, 1.82) is 0 Å². The van der Waals surface area contributed by atoms with Crippen molar-refractivity contribution in [2.24, 2.45) is 5.73 Å². The van der Waals surface area contributed by atoms with Crippen LogP contribution in [0.5, 0.6) is 0 Å². The van der Waals surface area contributed by atoms with E-state index in [0.717, 1.165) is 26.2 Å². The number of Topliss-reactive ketones (excluding diaryl/α,β-unsaturated/α-hetero) is 1. The zero-order chi connectivity index (χ0) is 28.8. The predicted octanol–water partition coefficient (Wildman–Crippen LogP) is 2.86. The molecule has 1 fully saturated rings. The third-order valence-corrected chi connectivity index (χ3v) is 7.93. The number of nitrogens with zero attached hydrogens (tertiary/aromatic N) is 1. The Labute approximate surface area is 235 Å². The Kier molecular flexibility index (Phi) is 9.43. The second kappa shape index (κ2) is 12.6. The van der Waals surface area contributed by atoms with Gasteiger partial charge in [-0.2, -0.15) is 0 Å². The third-order valence-electron chi connectivity index (χ3n) is 7.93. The number of halogens is 1. The van der Waals surface area contributed by atoms with Crippen molar-refractivity contribution in [3.05, 3.63) is 95.2 Å². The van der Waals surface area contributed by atoms with Crippen molar-refractivity contribution in [3.63, 3.8) is 0 Å². The number of aliphatic hydroxyl groups is 1. The minimum Gasteiger partial charge on any atom is -0.497 e. The molecule has 0 amide bonds.